The summed E-state index contributed by atoms with van der Waals surface area (Å²) in [7, 11) is 1.41. The number of aryl methyl sites for hydroxylation is 1. The average molecular weight is 488 g/mol. The summed E-state index contributed by atoms with van der Waals surface area (Å²) >= 11 is 0. The third-order valence-electron chi connectivity index (χ3n) is 7.97. The van der Waals surface area contributed by atoms with Gasteiger partial charge in [-0.15, -0.1) is 0 Å². The molecule has 1 saturated carbocycles. The number of carbonyl (C=O) groups excluding carboxylic acids is 1. The predicted octanol–water partition coefficient (Wildman–Crippen LogP) is 5.35. The van der Waals surface area contributed by atoms with Crippen molar-refractivity contribution < 1.29 is 18.8 Å². The van der Waals surface area contributed by atoms with Crippen LogP contribution in [0.25, 0.3) is 11.3 Å². The SMILES string of the molecule is COC(=O)Cc1ccc(N2C3CC[C@H]2C[C@H](OCc2c(-c4ccccc4C)noc2C2CC2)C3)nc1. The molecule has 6 rings (SSSR count). The number of pyridine rings is 1. The van der Waals surface area contributed by atoms with Crippen LogP contribution in [0.5, 0.6) is 0 Å². The van der Waals surface area contributed by atoms with Gasteiger partial charge in [-0.2, -0.15) is 0 Å². The van der Waals surface area contributed by atoms with Crippen LogP contribution in [0.15, 0.2) is 47.1 Å². The lowest BCUT2D eigenvalue weighted by atomic mass is 9.98. The maximum Gasteiger partial charge on any atom is 0.310 e. The van der Waals surface area contributed by atoms with Gasteiger partial charge in [-0.1, -0.05) is 35.5 Å². The van der Waals surface area contributed by atoms with E-state index in [-0.39, 0.29) is 18.5 Å². The number of rotatable bonds is 8. The summed E-state index contributed by atoms with van der Waals surface area (Å²) in [6.45, 7) is 2.67. The van der Waals surface area contributed by atoms with E-state index in [1.54, 1.807) is 6.20 Å². The lowest BCUT2D eigenvalue weighted by Crippen LogP contribution is -2.46. The summed E-state index contributed by atoms with van der Waals surface area (Å²) in [6.07, 6.45) is 8.90. The van der Waals surface area contributed by atoms with Crippen molar-refractivity contribution in [1.29, 1.82) is 0 Å². The Kier molecular flexibility index (Phi) is 6.25. The highest BCUT2D eigenvalue weighted by molar-refractivity contribution is 5.72. The quantitative estimate of drug-likeness (QED) is 0.396. The highest BCUT2D eigenvalue weighted by Gasteiger charge is 2.42. The van der Waals surface area contributed by atoms with E-state index in [9.17, 15) is 4.79 Å². The van der Waals surface area contributed by atoms with Gasteiger partial charge in [0.25, 0.3) is 0 Å². The molecule has 3 aliphatic rings. The van der Waals surface area contributed by atoms with Gasteiger partial charge in [0, 0.05) is 35.3 Å². The molecule has 2 aromatic heterocycles. The van der Waals surface area contributed by atoms with Gasteiger partial charge >= 0.3 is 5.97 Å². The first-order valence-corrected chi connectivity index (χ1v) is 13.1. The molecule has 4 heterocycles. The Morgan fingerprint density at radius 2 is 1.86 bits per heavy atom. The van der Waals surface area contributed by atoms with E-state index in [1.165, 1.54) is 25.5 Å². The second kappa shape index (κ2) is 9.69. The number of benzene rings is 1. The standard InChI is InChI=1S/C29H33N3O4/c1-18-5-3-4-6-24(18)28-25(29(36-31-28)20-8-9-20)17-35-23-14-21-10-11-22(15-23)32(21)26-12-7-19(16-30-26)13-27(33)34-2/h3-7,12,16,20-23H,8-11,13-15,17H2,1-2H3/t21-,22?,23-/m0/s1. The molecule has 2 saturated heterocycles. The van der Waals surface area contributed by atoms with Gasteiger partial charge in [0.15, 0.2) is 0 Å². The minimum Gasteiger partial charge on any atom is -0.469 e. The Morgan fingerprint density at radius 3 is 2.53 bits per heavy atom. The van der Waals surface area contributed by atoms with Crippen LogP contribution in [0.2, 0.25) is 0 Å². The molecule has 36 heavy (non-hydrogen) atoms. The third-order valence-corrected chi connectivity index (χ3v) is 7.97. The fourth-order valence-corrected chi connectivity index (χ4v) is 5.93. The molecule has 0 N–H and O–H groups in total. The second-order valence-corrected chi connectivity index (χ2v) is 10.4. The Hall–Kier alpha value is -3.19. The summed E-state index contributed by atoms with van der Waals surface area (Å²) in [4.78, 5) is 18.7. The zero-order valence-electron chi connectivity index (χ0n) is 21.0. The van der Waals surface area contributed by atoms with Crippen LogP contribution in [-0.2, 0) is 27.3 Å². The van der Waals surface area contributed by atoms with Crippen molar-refractivity contribution in [2.75, 3.05) is 12.0 Å². The monoisotopic (exact) mass is 487 g/mol. The van der Waals surface area contributed by atoms with Gasteiger partial charge in [-0.3, -0.25) is 4.79 Å². The molecule has 3 aromatic rings. The first kappa shape index (κ1) is 23.2. The molecule has 0 spiro atoms. The van der Waals surface area contributed by atoms with Crippen LogP contribution < -0.4 is 4.90 Å². The molecule has 1 unspecified atom stereocenters. The van der Waals surface area contributed by atoms with Gasteiger partial charge in [0.05, 0.1) is 26.2 Å². The van der Waals surface area contributed by atoms with Crippen molar-refractivity contribution in [3.8, 4) is 11.3 Å². The predicted molar refractivity (Wildman–Crippen MR) is 136 cm³/mol. The fourth-order valence-electron chi connectivity index (χ4n) is 5.93. The number of esters is 1. The molecule has 3 fully saturated rings. The largest absolute Gasteiger partial charge is 0.469 e. The van der Waals surface area contributed by atoms with Crippen molar-refractivity contribution in [2.45, 2.75) is 82.6 Å². The Morgan fingerprint density at radius 1 is 1.08 bits per heavy atom. The Bertz CT molecular complexity index is 1220. The van der Waals surface area contributed by atoms with E-state index >= 15 is 0 Å². The average Bonchev–Trinajstić information content (AvgIpc) is 3.60. The fraction of sp³-hybridized carbons (Fsp3) is 0.483. The van der Waals surface area contributed by atoms with E-state index in [2.05, 4.69) is 41.2 Å². The minimum absolute atomic E-state index is 0.212. The molecule has 2 aliphatic heterocycles. The molecule has 7 heteroatoms. The molecule has 0 amide bonds. The first-order valence-electron chi connectivity index (χ1n) is 13.1. The maximum atomic E-state index is 11.6. The number of hydrogen-bond donors (Lipinski definition) is 0. The molecule has 3 atom stereocenters. The van der Waals surface area contributed by atoms with Gasteiger partial charge in [0.2, 0.25) is 0 Å². The smallest absolute Gasteiger partial charge is 0.310 e. The van der Waals surface area contributed by atoms with Crippen molar-refractivity contribution in [1.82, 2.24) is 10.1 Å². The molecule has 7 nitrogen and oxygen atoms in total. The number of methoxy groups -OCH3 is 1. The normalized spacial score (nSPS) is 23.2. The lowest BCUT2D eigenvalue weighted by molar-refractivity contribution is -0.139. The molecule has 188 valence electrons. The van der Waals surface area contributed by atoms with Gasteiger partial charge in [0.1, 0.15) is 17.3 Å². The van der Waals surface area contributed by atoms with Crippen LogP contribution in [-0.4, -0.2) is 41.4 Å². The number of fused-ring (bicyclic) bond motifs is 2. The van der Waals surface area contributed by atoms with E-state index in [0.29, 0.717) is 24.6 Å². The number of anilines is 1. The van der Waals surface area contributed by atoms with Gasteiger partial charge in [-0.05, 0) is 62.6 Å². The highest BCUT2D eigenvalue weighted by Crippen LogP contribution is 2.45. The van der Waals surface area contributed by atoms with Gasteiger partial charge in [-0.25, -0.2) is 4.98 Å². The summed E-state index contributed by atoms with van der Waals surface area (Å²) in [5.41, 5.74) is 5.27. The van der Waals surface area contributed by atoms with E-state index in [0.717, 1.165) is 59.6 Å². The molecule has 1 aliphatic carbocycles. The Labute approximate surface area is 211 Å². The van der Waals surface area contributed by atoms with E-state index in [4.69, 9.17) is 19.0 Å². The summed E-state index contributed by atoms with van der Waals surface area (Å²) < 4.78 is 17.2. The van der Waals surface area contributed by atoms with Crippen molar-refractivity contribution in [3.05, 3.63) is 65.0 Å². The number of ether oxygens (including phenoxy) is 2. The topological polar surface area (TPSA) is 77.7 Å². The van der Waals surface area contributed by atoms with E-state index < -0.39 is 0 Å². The van der Waals surface area contributed by atoms with Crippen LogP contribution in [0.3, 0.4) is 0 Å². The van der Waals surface area contributed by atoms with Crippen LogP contribution in [0.1, 0.15) is 66.9 Å². The summed E-state index contributed by atoms with van der Waals surface area (Å²) in [5, 5.41) is 4.50. The maximum absolute atomic E-state index is 11.6. The summed E-state index contributed by atoms with van der Waals surface area (Å²) in [6, 6.07) is 13.2. The zero-order chi connectivity index (χ0) is 24.6. The van der Waals surface area contributed by atoms with Crippen molar-refractivity contribution in [2.24, 2.45) is 0 Å². The zero-order valence-corrected chi connectivity index (χ0v) is 21.0. The lowest BCUT2D eigenvalue weighted by Gasteiger charge is -2.39. The van der Waals surface area contributed by atoms with Crippen LogP contribution >= 0.6 is 0 Å². The minimum atomic E-state index is -0.245. The van der Waals surface area contributed by atoms with Crippen LogP contribution in [0, 0.1) is 6.92 Å². The molecule has 0 radical (unpaired) electrons. The van der Waals surface area contributed by atoms with Crippen molar-refractivity contribution >= 4 is 11.8 Å². The Balaban J connectivity index is 1.14. The molecular weight excluding hydrogens is 454 g/mol. The number of carbonyl (C=O) groups is 1. The number of hydrogen-bond acceptors (Lipinski definition) is 7. The van der Waals surface area contributed by atoms with Crippen LogP contribution in [0.4, 0.5) is 5.82 Å². The number of piperidine rings is 1. The molecule has 2 bridgehead atoms. The molecule has 1 aromatic carbocycles. The highest BCUT2D eigenvalue weighted by atomic mass is 16.5. The number of aromatic nitrogens is 2. The van der Waals surface area contributed by atoms with Crippen molar-refractivity contribution in [3.63, 3.8) is 0 Å². The third kappa shape index (κ3) is 4.52. The van der Waals surface area contributed by atoms with Gasteiger partial charge < -0.3 is 18.9 Å². The van der Waals surface area contributed by atoms with E-state index in [1.807, 2.05) is 12.1 Å². The molecular formula is C29H33N3O4. The summed E-state index contributed by atoms with van der Waals surface area (Å²) in [5.74, 6) is 2.25. The number of nitrogens with zero attached hydrogens (tertiary/aromatic N) is 3. The second-order valence-electron chi connectivity index (χ2n) is 10.4. The first-order chi connectivity index (χ1) is 17.6.